The summed E-state index contributed by atoms with van der Waals surface area (Å²) in [6.07, 6.45) is 2.40. The zero-order valence-corrected chi connectivity index (χ0v) is 24.5. The van der Waals surface area contributed by atoms with Crippen molar-refractivity contribution in [2.75, 3.05) is 37.9 Å². The molecule has 11 heteroatoms. The van der Waals surface area contributed by atoms with Gasteiger partial charge in [0.15, 0.2) is 0 Å². The topological polar surface area (TPSA) is 55.4 Å². The van der Waals surface area contributed by atoms with Gasteiger partial charge in [-0.2, -0.15) is 0 Å². The number of hydrogen-bond acceptors (Lipinski definition) is 9. The molecule has 0 saturated carbocycles. The Morgan fingerprint density at radius 2 is 1.06 bits per heavy atom. The number of hydrogen-bond donors (Lipinski definition) is 0. The van der Waals surface area contributed by atoms with E-state index in [1.807, 2.05) is 31.4 Å². The minimum absolute atomic E-state index is 0.143. The Labute approximate surface area is 203 Å². The van der Waals surface area contributed by atoms with E-state index in [1.165, 1.54) is 0 Å². The van der Waals surface area contributed by atoms with Gasteiger partial charge in [-0.15, -0.1) is 0 Å². The van der Waals surface area contributed by atoms with E-state index in [9.17, 15) is 0 Å². The molecule has 2 saturated heterocycles. The molecular weight excluding hydrogens is 489 g/mol. The maximum absolute atomic E-state index is 6.13. The van der Waals surface area contributed by atoms with Gasteiger partial charge in [0.25, 0.3) is 0 Å². The third-order valence-corrected chi connectivity index (χ3v) is 15.1. The summed E-state index contributed by atoms with van der Waals surface area (Å²) in [7, 11) is 0.727. The first kappa shape index (κ1) is 28.5. The van der Waals surface area contributed by atoms with Crippen LogP contribution in [0.3, 0.4) is 0 Å². The Morgan fingerprint density at radius 3 is 1.39 bits per heavy atom. The van der Waals surface area contributed by atoms with Gasteiger partial charge in [-0.3, -0.25) is 0 Å². The number of rotatable bonds is 14. The highest BCUT2D eigenvalue weighted by Crippen LogP contribution is 2.37. The van der Waals surface area contributed by atoms with E-state index >= 15 is 0 Å². The van der Waals surface area contributed by atoms with Crippen molar-refractivity contribution < 1.29 is 26.6 Å². The van der Waals surface area contributed by atoms with Crippen molar-refractivity contribution in [1.29, 1.82) is 0 Å². The molecule has 0 unspecified atom stereocenters. The third-order valence-electron chi connectivity index (χ3n) is 4.70. The van der Waals surface area contributed by atoms with Crippen LogP contribution in [0.1, 0.15) is 54.4 Å². The fraction of sp³-hybridized carbons (Fsp3) is 1.00. The average molecular weight is 531 g/mol. The Hall–Kier alpha value is 1.24. The van der Waals surface area contributed by atoms with Gasteiger partial charge in [0.2, 0.25) is 0 Å². The van der Waals surface area contributed by atoms with Gasteiger partial charge < -0.3 is 26.6 Å². The summed E-state index contributed by atoms with van der Waals surface area (Å²) in [6.45, 7) is 15.6. The predicted octanol–water partition coefficient (Wildman–Crippen LogP) is 5.89. The smallest absolute Gasteiger partial charge is 0.373 e. The maximum Gasteiger partial charge on any atom is 0.501 e. The van der Waals surface area contributed by atoms with E-state index in [1.54, 1.807) is 0 Å². The summed E-state index contributed by atoms with van der Waals surface area (Å²) in [5, 5.41) is 0. The van der Waals surface area contributed by atoms with E-state index in [0.717, 1.165) is 62.9 Å². The van der Waals surface area contributed by atoms with Crippen LogP contribution in [-0.4, -0.2) is 67.8 Å². The SMILES string of the molecule is CC1CO[Si](CCCSSSCCC[Si]2(OC(C)C)OCC(C)CO2)(OC(C)C)OC1. The molecule has 0 N–H and O–H groups in total. The Morgan fingerprint density at radius 1 is 0.710 bits per heavy atom. The van der Waals surface area contributed by atoms with Crippen molar-refractivity contribution >= 4 is 49.0 Å². The van der Waals surface area contributed by atoms with Crippen LogP contribution in [0, 0.1) is 11.8 Å². The lowest BCUT2D eigenvalue weighted by atomic mass is 10.2. The van der Waals surface area contributed by atoms with Gasteiger partial charge in [0.05, 0.1) is 0 Å². The lowest BCUT2D eigenvalue weighted by molar-refractivity contribution is -0.0186. The van der Waals surface area contributed by atoms with Crippen LogP contribution >= 0.6 is 31.4 Å². The standard InChI is InChI=1S/C20H42O6S3Si2/c1-17(2)25-30(21-13-19(5)14-22-30)11-7-9-27-29-28-10-8-12-31(26-18(3)4)23-15-20(6)16-24-31/h17-20H,7-16H2,1-6H3. The second-order valence-corrected chi connectivity index (χ2v) is 18.9. The van der Waals surface area contributed by atoms with Crippen LogP contribution in [0.5, 0.6) is 0 Å². The molecule has 0 aliphatic carbocycles. The fourth-order valence-corrected chi connectivity index (χ4v) is 13.8. The van der Waals surface area contributed by atoms with E-state index in [4.69, 9.17) is 26.6 Å². The van der Waals surface area contributed by atoms with Crippen LogP contribution in [0.15, 0.2) is 0 Å². The molecule has 0 aromatic carbocycles. The normalized spacial score (nSPS) is 32.1. The predicted molar refractivity (Wildman–Crippen MR) is 137 cm³/mol. The van der Waals surface area contributed by atoms with Crippen LogP contribution in [0.4, 0.5) is 0 Å². The summed E-state index contributed by atoms with van der Waals surface area (Å²) < 4.78 is 36.6. The Balaban J connectivity index is 1.57. The molecule has 2 aliphatic rings. The summed E-state index contributed by atoms with van der Waals surface area (Å²) in [5.41, 5.74) is 0. The summed E-state index contributed by atoms with van der Waals surface area (Å²) in [6, 6.07) is 1.81. The van der Waals surface area contributed by atoms with Gasteiger partial charge in [-0.1, -0.05) is 35.4 Å². The van der Waals surface area contributed by atoms with Crippen LogP contribution in [0.2, 0.25) is 12.1 Å². The monoisotopic (exact) mass is 530 g/mol. The van der Waals surface area contributed by atoms with Gasteiger partial charge in [0, 0.05) is 74.1 Å². The molecule has 0 aromatic rings. The van der Waals surface area contributed by atoms with Crippen molar-refractivity contribution in [3.63, 3.8) is 0 Å². The van der Waals surface area contributed by atoms with Crippen molar-refractivity contribution in [2.24, 2.45) is 11.8 Å². The van der Waals surface area contributed by atoms with Gasteiger partial charge in [-0.25, -0.2) is 0 Å². The van der Waals surface area contributed by atoms with Crippen LogP contribution < -0.4 is 0 Å². The summed E-state index contributed by atoms with van der Waals surface area (Å²) in [5.74, 6) is 3.07. The molecule has 2 rings (SSSR count). The first-order valence-corrected chi connectivity index (χ1v) is 19.3. The molecule has 0 bridgehead atoms. The van der Waals surface area contributed by atoms with Gasteiger partial charge in [-0.05, 0) is 50.4 Å². The summed E-state index contributed by atoms with van der Waals surface area (Å²) >= 11 is 0. The largest absolute Gasteiger partial charge is 0.501 e. The van der Waals surface area contributed by atoms with E-state index in [-0.39, 0.29) is 12.2 Å². The first-order chi connectivity index (χ1) is 14.7. The molecule has 6 nitrogen and oxygen atoms in total. The highest BCUT2D eigenvalue weighted by atomic mass is 33.5. The zero-order chi connectivity index (χ0) is 22.7. The molecular formula is C20H42O6S3Si2. The molecule has 0 aromatic heterocycles. The minimum Gasteiger partial charge on any atom is -0.373 e. The zero-order valence-electron chi connectivity index (χ0n) is 20.1. The van der Waals surface area contributed by atoms with Gasteiger partial charge in [0.1, 0.15) is 0 Å². The van der Waals surface area contributed by atoms with Crippen molar-refractivity contribution in [1.82, 2.24) is 0 Å². The lowest BCUT2D eigenvalue weighted by Crippen LogP contribution is -2.52. The third kappa shape index (κ3) is 11.0. The quantitative estimate of drug-likeness (QED) is 0.155. The highest BCUT2D eigenvalue weighted by molar-refractivity contribution is 9.09. The first-order valence-electron chi connectivity index (χ1n) is 11.6. The Kier molecular flexibility index (Phi) is 13.4. The summed E-state index contributed by atoms with van der Waals surface area (Å²) in [4.78, 5) is 0. The second-order valence-electron chi connectivity index (χ2n) is 9.07. The molecule has 2 aliphatic heterocycles. The molecule has 0 radical (unpaired) electrons. The Bertz CT molecular complexity index is 446. The van der Waals surface area contributed by atoms with E-state index < -0.39 is 17.6 Å². The molecule has 31 heavy (non-hydrogen) atoms. The average Bonchev–Trinajstić information content (AvgIpc) is 2.70. The molecule has 0 atom stereocenters. The molecule has 0 spiro atoms. The lowest BCUT2D eigenvalue weighted by Gasteiger charge is -2.37. The van der Waals surface area contributed by atoms with Crippen LogP contribution in [-0.2, 0) is 26.6 Å². The van der Waals surface area contributed by atoms with E-state index in [0.29, 0.717) is 11.8 Å². The molecule has 2 fully saturated rings. The van der Waals surface area contributed by atoms with Crippen LogP contribution in [0.25, 0.3) is 0 Å². The van der Waals surface area contributed by atoms with Crippen molar-refractivity contribution in [2.45, 2.75) is 78.7 Å². The van der Waals surface area contributed by atoms with E-state index in [2.05, 4.69) is 41.5 Å². The minimum atomic E-state index is -2.48. The molecule has 184 valence electrons. The second kappa shape index (κ2) is 14.6. The maximum atomic E-state index is 6.13. The van der Waals surface area contributed by atoms with Crippen molar-refractivity contribution in [3.8, 4) is 0 Å². The molecule has 0 amide bonds. The fourth-order valence-electron chi connectivity index (χ4n) is 3.31. The highest BCUT2D eigenvalue weighted by Gasteiger charge is 2.46. The molecule has 2 heterocycles. The van der Waals surface area contributed by atoms with Gasteiger partial charge >= 0.3 is 17.6 Å². The van der Waals surface area contributed by atoms with Crippen molar-refractivity contribution in [3.05, 3.63) is 0 Å².